The summed E-state index contributed by atoms with van der Waals surface area (Å²) in [4.78, 5) is 27.6. The van der Waals surface area contributed by atoms with Gasteiger partial charge in [0.15, 0.2) is 0 Å². The predicted octanol–water partition coefficient (Wildman–Crippen LogP) is 2.45. The van der Waals surface area contributed by atoms with Gasteiger partial charge in [0.1, 0.15) is 0 Å². The van der Waals surface area contributed by atoms with E-state index in [0.717, 1.165) is 24.2 Å². The quantitative estimate of drug-likeness (QED) is 0.807. The number of rotatable bonds is 1. The fourth-order valence-electron chi connectivity index (χ4n) is 3.00. The van der Waals surface area contributed by atoms with Crippen molar-refractivity contribution in [1.82, 2.24) is 4.90 Å². The van der Waals surface area contributed by atoms with E-state index < -0.39 is 11.9 Å². The first-order valence-electron chi connectivity index (χ1n) is 7.21. The van der Waals surface area contributed by atoms with Crippen molar-refractivity contribution in [3.63, 3.8) is 0 Å². The molecule has 0 aromatic heterocycles. The van der Waals surface area contributed by atoms with Crippen molar-refractivity contribution in [2.24, 2.45) is 0 Å². The van der Waals surface area contributed by atoms with Crippen LogP contribution < -0.4 is 4.90 Å². The van der Waals surface area contributed by atoms with E-state index in [-0.39, 0.29) is 6.03 Å². The molecule has 0 saturated carbocycles. The van der Waals surface area contributed by atoms with Crippen molar-refractivity contribution in [2.45, 2.75) is 18.8 Å². The number of carboxylic acid groups (broad SMARTS) is 1. The molecule has 2 amide bonds. The zero-order valence-corrected chi connectivity index (χ0v) is 11.7. The topological polar surface area (TPSA) is 60.9 Å². The minimum atomic E-state index is -0.824. The third-order valence-corrected chi connectivity index (χ3v) is 4.10. The molecular weight excluding hydrogens is 268 g/mol. The predicted molar refractivity (Wildman–Crippen MR) is 79.5 cm³/mol. The Bertz CT molecular complexity index is 597. The van der Waals surface area contributed by atoms with E-state index in [1.54, 1.807) is 9.80 Å². The third-order valence-electron chi connectivity index (χ3n) is 4.10. The maximum Gasteiger partial charge on any atom is 0.324 e. The second kappa shape index (κ2) is 5.60. The molecule has 2 aliphatic heterocycles. The summed E-state index contributed by atoms with van der Waals surface area (Å²) in [7, 11) is 0. The van der Waals surface area contributed by atoms with Crippen molar-refractivity contribution < 1.29 is 14.7 Å². The van der Waals surface area contributed by atoms with Crippen LogP contribution in [0, 0.1) is 0 Å². The summed E-state index contributed by atoms with van der Waals surface area (Å²) in [6.07, 6.45) is 5.41. The number of amides is 2. The van der Waals surface area contributed by atoms with Crippen molar-refractivity contribution in [1.29, 1.82) is 0 Å². The van der Waals surface area contributed by atoms with Crippen LogP contribution in [-0.4, -0.2) is 41.6 Å². The molecule has 1 aromatic carbocycles. The SMILES string of the molecule is O=C(O)C1CCN(C(=O)N2CC=CCC2)c2ccccc21. The van der Waals surface area contributed by atoms with Gasteiger partial charge >= 0.3 is 12.0 Å². The summed E-state index contributed by atoms with van der Waals surface area (Å²) >= 11 is 0. The molecule has 1 unspecified atom stereocenters. The summed E-state index contributed by atoms with van der Waals surface area (Å²) in [5.74, 6) is -1.35. The van der Waals surface area contributed by atoms with Gasteiger partial charge in [0.05, 0.1) is 5.92 Å². The molecule has 1 N–H and O–H groups in total. The lowest BCUT2D eigenvalue weighted by atomic mass is 9.90. The fraction of sp³-hybridized carbons (Fsp3) is 0.375. The van der Waals surface area contributed by atoms with Gasteiger partial charge in [-0.25, -0.2) is 4.79 Å². The van der Waals surface area contributed by atoms with E-state index in [9.17, 15) is 14.7 Å². The average molecular weight is 286 g/mol. The average Bonchev–Trinajstić information content (AvgIpc) is 2.54. The largest absolute Gasteiger partial charge is 0.481 e. The number of hydrogen-bond acceptors (Lipinski definition) is 2. The number of nitrogens with zero attached hydrogens (tertiary/aromatic N) is 2. The van der Waals surface area contributed by atoms with Gasteiger partial charge in [-0.2, -0.15) is 0 Å². The minimum Gasteiger partial charge on any atom is -0.481 e. The number of carbonyl (C=O) groups is 2. The van der Waals surface area contributed by atoms with Crippen molar-refractivity contribution in [2.75, 3.05) is 24.5 Å². The molecular formula is C16H18N2O3. The molecule has 3 rings (SSSR count). The minimum absolute atomic E-state index is 0.0318. The van der Waals surface area contributed by atoms with E-state index >= 15 is 0 Å². The number of fused-ring (bicyclic) bond motifs is 1. The fourth-order valence-corrected chi connectivity index (χ4v) is 3.00. The summed E-state index contributed by atoms with van der Waals surface area (Å²) < 4.78 is 0. The Morgan fingerprint density at radius 2 is 1.95 bits per heavy atom. The molecule has 0 aliphatic carbocycles. The zero-order chi connectivity index (χ0) is 14.8. The molecule has 1 aromatic rings. The molecule has 2 aliphatic rings. The highest BCUT2D eigenvalue weighted by atomic mass is 16.4. The Morgan fingerprint density at radius 1 is 1.14 bits per heavy atom. The molecule has 5 nitrogen and oxygen atoms in total. The monoisotopic (exact) mass is 286 g/mol. The normalized spacial score (nSPS) is 21.0. The Kier molecular flexibility index (Phi) is 3.64. The van der Waals surface area contributed by atoms with Crippen LogP contribution in [0.4, 0.5) is 10.5 Å². The highest BCUT2D eigenvalue weighted by Gasteiger charge is 2.33. The number of urea groups is 1. The number of anilines is 1. The van der Waals surface area contributed by atoms with Gasteiger partial charge in [-0.05, 0) is 24.5 Å². The Balaban J connectivity index is 1.90. The van der Waals surface area contributed by atoms with Crippen LogP contribution in [0.2, 0.25) is 0 Å². The number of hydrogen-bond donors (Lipinski definition) is 1. The van der Waals surface area contributed by atoms with Crippen LogP contribution in [0.1, 0.15) is 24.3 Å². The van der Waals surface area contributed by atoms with Crippen molar-refractivity contribution >= 4 is 17.7 Å². The lowest BCUT2D eigenvalue weighted by molar-refractivity contribution is -0.139. The van der Waals surface area contributed by atoms with E-state index in [1.807, 2.05) is 30.3 Å². The molecule has 0 saturated heterocycles. The summed E-state index contributed by atoms with van der Waals surface area (Å²) in [6.45, 7) is 1.79. The van der Waals surface area contributed by atoms with Gasteiger partial charge in [-0.1, -0.05) is 30.4 Å². The lowest BCUT2D eigenvalue weighted by Crippen LogP contribution is -2.47. The first kappa shape index (κ1) is 13.7. The van der Waals surface area contributed by atoms with Gasteiger partial charge in [0, 0.05) is 25.3 Å². The van der Waals surface area contributed by atoms with Gasteiger partial charge < -0.3 is 10.0 Å². The molecule has 0 fully saturated rings. The smallest absolute Gasteiger partial charge is 0.324 e. The van der Waals surface area contributed by atoms with E-state index in [2.05, 4.69) is 6.08 Å². The summed E-state index contributed by atoms with van der Waals surface area (Å²) in [5.41, 5.74) is 1.47. The summed E-state index contributed by atoms with van der Waals surface area (Å²) in [6, 6.07) is 7.29. The second-order valence-electron chi connectivity index (χ2n) is 5.38. The third kappa shape index (κ3) is 2.51. The van der Waals surface area contributed by atoms with Crippen LogP contribution in [0.15, 0.2) is 36.4 Å². The van der Waals surface area contributed by atoms with Gasteiger partial charge in [-0.3, -0.25) is 9.69 Å². The highest BCUT2D eigenvalue weighted by molar-refractivity contribution is 5.95. The van der Waals surface area contributed by atoms with Crippen molar-refractivity contribution in [3.8, 4) is 0 Å². The number of carboxylic acids is 1. The molecule has 2 heterocycles. The van der Waals surface area contributed by atoms with E-state index in [1.165, 1.54) is 0 Å². The molecule has 0 radical (unpaired) electrons. The molecule has 5 heteroatoms. The molecule has 110 valence electrons. The van der Waals surface area contributed by atoms with Crippen molar-refractivity contribution in [3.05, 3.63) is 42.0 Å². The number of aliphatic carboxylic acids is 1. The maximum absolute atomic E-state index is 12.7. The van der Waals surface area contributed by atoms with E-state index in [4.69, 9.17) is 0 Å². The number of benzene rings is 1. The van der Waals surface area contributed by atoms with Gasteiger partial charge in [-0.15, -0.1) is 0 Å². The van der Waals surface area contributed by atoms with Crippen LogP contribution in [0.5, 0.6) is 0 Å². The van der Waals surface area contributed by atoms with Gasteiger partial charge in [0.25, 0.3) is 0 Å². The summed E-state index contributed by atoms with van der Waals surface area (Å²) in [5, 5.41) is 9.34. The van der Waals surface area contributed by atoms with Crippen LogP contribution in [0.25, 0.3) is 0 Å². The molecule has 21 heavy (non-hydrogen) atoms. The number of carbonyl (C=O) groups excluding carboxylic acids is 1. The Labute approximate surface area is 123 Å². The van der Waals surface area contributed by atoms with Gasteiger partial charge in [0.2, 0.25) is 0 Å². The Morgan fingerprint density at radius 3 is 2.67 bits per heavy atom. The maximum atomic E-state index is 12.7. The van der Waals surface area contributed by atoms with Crippen LogP contribution >= 0.6 is 0 Å². The van der Waals surface area contributed by atoms with Crippen LogP contribution in [0.3, 0.4) is 0 Å². The Hall–Kier alpha value is -2.30. The second-order valence-corrected chi connectivity index (χ2v) is 5.38. The zero-order valence-electron chi connectivity index (χ0n) is 11.7. The first-order valence-corrected chi connectivity index (χ1v) is 7.21. The molecule has 0 spiro atoms. The first-order chi connectivity index (χ1) is 10.2. The lowest BCUT2D eigenvalue weighted by Gasteiger charge is -2.36. The highest BCUT2D eigenvalue weighted by Crippen LogP contribution is 2.35. The molecule has 0 bridgehead atoms. The molecule has 1 atom stereocenters. The van der Waals surface area contributed by atoms with E-state index in [0.29, 0.717) is 19.5 Å². The standard InChI is InChI=1S/C16H18N2O3/c19-15(20)13-8-11-18(14-7-3-2-6-12(13)14)16(21)17-9-4-1-5-10-17/h1-4,6-7,13H,5,8-11H2,(H,19,20). The van der Waals surface area contributed by atoms with Crippen LogP contribution in [-0.2, 0) is 4.79 Å². The number of para-hydroxylation sites is 1.